The fraction of sp³-hybridized carbons (Fsp3) is 0.389. The SMILES string of the molecule is C=C(CCC)/C(CC)=C(/N)N=C(C)c1ccc(C(F)(F)F)cc1. The summed E-state index contributed by atoms with van der Waals surface area (Å²) in [7, 11) is 0. The van der Waals surface area contributed by atoms with Gasteiger partial charge < -0.3 is 5.73 Å². The van der Waals surface area contributed by atoms with Gasteiger partial charge in [0.15, 0.2) is 0 Å². The summed E-state index contributed by atoms with van der Waals surface area (Å²) in [6.45, 7) is 9.79. The monoisotopic (exact) mass is 324 g/mol. The van der Waals surface area contributed by atoms with Crippen molar-refractivity contribution < 1.29 is 13.2 Å². The van der Waals surface area contributed by atoms with Crippen molar-refractivity contribution in [2.24, 2.45) is 10.7 Å². The molecule has 0 bridgehead atoms. The fourth-order valence-corrected chi connectivity index (χ4v) is 2.28. The van der Waals surface area contributed by atoms with Crippen LogP contribution in [0, 0.1) is 0 Å². The average molecular weight is 324 g/mol. The van der Waals surface area contributed by atoms with Crippen LogP contribution in [0.15, 0.2) is 52.8 Å². The van der Waals surface area contributed by atoms with E-state index in [4.69, 9.17) is 5.73 Å². The molecule has 0 spiro atoms. The number of rotatable bonds is 6. The Morgan fingerprint density at radius 3 is 2.17 bits per heavy atom. The molecule has 2 nitrogen and oxygen atoms in total. The number of allylic oxidation sites excluding steroid dienone is 2. The highest BCUT2D eigenvalue weighted by atomic mass is 19.4. The summed E-state index contributed by atoms with van der Waals surface area (Å²) < 4.78 is 37.7. The van der Waals surface area contributed by atoms with Crippen LogP contribution in [0.2, 0.25) is 0 Å². The first-order valence-corrected chi connectivity index (χ1v) is 7.60. The van der Waals surface area contributed by atoms with E-state index in [2.05, 4.69) is 18.5 Å². The van der Waals surface area contributed by atoms with Gasteiger partial charge in [0.2, 0.25) is 0 Å². The molecule has 0 amide bonds. The van der Waals surface area contributed by atoms with Crippen molar-refractivity contribution in [1.29, 1.82) is 0 Å². The molecule has 0 aliphatic heterocycles. The molecule has 0 unspecified atom stereocenters. The second kappa shape index (κ2) is 7.99. The first-order chi connectivity index (χ1) is 10.7. The lowest BCUT2D eigenvalue weighted by Crippen LogP contribution is -2.07. The molecule has 0 fully saturated rings. The van der Waals surface area contributed by atoms with Crippen molar-refractivity contribution >= 4 is 5.71 Å². The molecule has 1 rings (SSSR count). The molecule has 0 saturated heterocycles. The molecule has 0 aliphatic rings. The third-order valence-corrected chi connectivity index (χ3v) is 3.56. The summed E-state index contributed by atoms with van der Waals surface area (Å²) in [6, 6.07) is 4.90. The van der Waals surface area contributed by atoms with Gasteiger partial charge in [-0.2, -0.15) is 13.2 Å². The number of aliphatic imine (C=N–C) groups is 1. The van der Waals surface area contributed by atoms with Gasteiger partial charge in [-0.3, -0.25) is 0 Å². The zero-order chi connectivity index (χ0) is 17.6. The second-order valence-corrected chi connectivity index (χ2v) is 5.34. The van der Waals surface area contributed by atoms with Gasteiger partial charge in [0.25, 0.3) is 0 Å². The molecule has 2 N–H and O–H groups in total. The Morgan fingerprint density at radius 1 is 1.17 bits per heavy atom. The molecule has 0 atom stereocenters. The summed E-state index contributed by atoms with van der Waals surface area (Å²) in [5.41, 5.74) is 8.41. The van der Waals surface area contributed by atoms with Crippen LogP contribution in [-0.2, 0) is 6.18 Å². The Labute approximate surface area is 135 Å². The topological polar surface area (TPSA) is 38.4 Å². The smallest absolute Gasteiger partial charge is 0.383 e. The Morgan fingerprint density at radius 2 is 1.74 bits per heavy atom. The van der Waals surface area contributed by atoms with E-state index in [9.17, 15) is 13.2 Å². The number of hydrogen-bond donors (Lipinski definition) is 1. The molecule has 0 heterocycles. The maximum absolute atomic E-state index is 12.6. The zero-order valence-corrected chi connectivity index (χ0v) is 13.8. The van der Waals surface area contributed by atoms with Crippen LogP contribution >= 0.6 is 0 Å². The first-order valence-electron chi connectivity index (χ1n) is 7.60. The summed E-state index contributed by atoms with van der Waals surface area (Å²) in [4.78, 5) is 4.35. The Balaban J connectivity index is 3.09. The van der Waals surface area contributed by atoms with Gasteiger partial charge in [0.05, 0.1) is 5.56 Å². The van der Waals surface area contributed by atoms with E-state index in [0.29, 0.717) is 23.5 Å². The van der Waals surface area contributed by atoms with Crippen LogP contribution in [0.1, 0.15) is 51.2 Å². The second-order valence-electron chi connectivity index (χ2n) is 5.34. The van der Waals surface area contributed by atoms with Crippen molar-refractivity contribution in [3.63, 3.8) is 0 Å². The number of halogens is 3. The standard InChI is InChI=1S/C18H23F3N2/c1-5-7-12(3)16(6-2)17(22)23-13(4)14-8-10-15(11-9-14)18(19,20)21/h8-11H,3,5-7,22H2,1-2,4H3/b17-16-,23-13?. The van der Waals surface area contributed by atoms with Crippen molar-refractivity contribution in [2.45, 2.75) is 46.2 Å². The predicted octanol–water partition coefficient (Wildman–Crippen LogP) is 5.45. The summed E-state index contributed by atoms with van der Waals surface area (Å²) in [5.74, 6) is 0.378. The van der Waals surface area contributed by atoms with Gasteiger partial charge >= 0.3 is 6.18 Å². The highest BCUT2D eigenvalue weighted by Crippen LogP contribution is 2.29. The van der Waals surface area contributed by atoms with E-state index in [1.165, 1.54) is 12.1 Å². The number of alkyl halides is 3. The van der Waals surface area contributed by atoms with E-state index in [0.717, 1.165) is 36.1 Å². The van der Waals surface area contributed by atoms with Crippen LogP contribution in [0.3, 0.4) is 0 Å². The van der Waals surface area contributed by atoms with Crippen molar-refractivity contribution in [1.82, 2.24) is 0 Å². The molecule has 1 aromatic rings. The summed E-state index contributed by atoms with van der Waals surface area (Å²) >= 11 is 0. The Hall–Kier alpha value is -2.04. The van der Waals surface area contributed by atoms with E-state index in [-0.39, 0.29) is 0 Å². The van der Waals surface area contributed by atoms with Crippen LogP contribution in [0.5, 0.6) is 0 Å². The third-order valence-electron chi connectivity index (χ3n) is 3.56. The lowest BCUT2D eigenvalue weighted by atomic mass is 10.0. The summed E-state index contributed by atoms with van der Waals surface area (Å²) in [6.07, 6.45) is -1.81. The average Bonchev–Trinajstić information content (AvgIpc) is 2.47. The minimum atomic E-state index is -4.34. The maximum Gasteiger partial charge on any atom is 0.416 e. The molecule has 0 radical (unpaired) electrons. The first kappa shape index (κ1) is 19.0. The third kappa shape index (κ3) is 5.27. The van der Waals surface area contributed by atoms with Gasteiger partial charge in [-0.25, -0.2) is 4.99 Å². The minimum absolute atomic E-state index is 0.378. The summed E-state index contributed by atoms with van der Waals surface area (Å²) in [5, 5.41) is 0. The van der Waals surface area contributed by atoms with Crippen LogP contribution in [0.4, 0.5) is 13.2 Å². The number of hydrogen-bond acceptors (Lipinski definition) is 2. The molecule has 0 saturated carbocycles. The molecule has 0 aromatic heterocycles. The lowest BCUT2D eigenvalue weighted by molar-refractivity contribution is -0.137. The van der Waals surface area contributed by atoms with Gasteiger partial charge in [0.1, 0.15) is 5.82 Å². The molecular weight excluding hydrogens is 301 g/mol. The minimum Gasteiger partial charge on any atom is -0.383 e. The highest BCUT2D eigenvalue weighted by molar-refractivity contribution is 5.99. The van der Waals surface area contributed by atoms with E-state index < -0.39 is 11.7 Å². The maximum atomic E-state index is 12.6. The Kier molecular flexibility index (Phi) is 6.61. The van der Waals surface area contributed by atoms with Crippen LogP contribution < -0.4 is 5.73 Å². The van der Waals surface area contributed by atoms with Crippen LogP contribution in [-0.4, -0.2) is 5.71 Å². The van der Waals surface area contributed by atoms with E-state index >= 15 is 0 Å². The number of nitrogens with zero attached hydrogens (tertiary/aromatic N) is 1. The van der Waals surface area contributed by atoms with Gasteiger partial charge in [-0.1, -0.05) is 39.0 Å². The number of nitrogens with two attached hydrogens (primary N) is 1. The predicted molar refractivity (Wildman–Crippen MR) is 89.2 cm³/mol. The van der Waals surface area contributed by atoms with Crippen molar-refractivity contribution in [3.05, 3.63) is 58.9 Å². The normalized spacial score (nSPS) is 13.7. The molecular formula is C18H23F3N2. The highest BCUT2D eigenvalue weighted by Gasteiger charge is 2.29. The van der Waals surface area contributed by atoms with Gasteiger partial charge in [-0.15, -0.1) is 0 Å². The molecule has 23 heavy (non-hydrogen) atoms. The Bertz CT molecular complexity index is 608. The van der Waals surface area contributed by atoms with Crippen LogP contribution in [0.25, 0.3) is 0 Å². The molecule has 1 aromatic carbocycles. The van der Waals surface area contributed by atoms with E-state index in [1.54, 1.807) is 6.92 Å². The van der Waals surface area contributed by atoms with Crippen molar-refractivity contribution in [2.75, 3.05) is 0 Å². The molecule has 126 valence electrons. The van der Waals surface area contributed by atoms with E-state index in [1.807, 2.05) is 6.92 Å². The zero-order valence-electron chi connectivity index (χ0n) is 13.8. The fourth-order valence-electron chi connectivity index (χ4n) is 2.28. The lowest BCUT2D eigenvalue weighted by Gasteiger charge is -2.11. The quantitative estimate of drug-likeness (QED) is 0.548. The largest absolute Gasteiger partial charge is 0.416 e. The van der Waals surface area contributed by atoms with Gasteiger partial charge in [-0.05, 0) is 48.6 Å². The van der Waals surface area contributed by atoms with Crippen molar-refractivity contribution in [3.8, 4) is 0 Å². The van der Waals surface area contributed by atoms with Gasteiger partial charge in [0, 0.05) is 5.71 Å². The molecule has 0 aliphatic carbocycles. The molecule has 5 heteroatoms. The number of benzene rings is 1.